The van der Waals surface area contributed by atoms with Crippen LogP contribution in [0.15, 0.2) is 47.4 Å². The maximum absolute atomic E-state index is 12.7. The van der Waals surface area contributed by atoms with Gasteiger partial charge in [-0.15, -0.1) is 0 Å². The molecule has 0 bridgehead atoms. The van der Waals surface area contributed by atoms with Crippen LogP contribution >= 0.6 is 0 Å². The van der Waals surface area contributed by atoms with Gasteiger partial charge < -0.3 is 14.1 Å². The summed E-state index contributed by atoms with van der Waals surface area (Å²) in [6.07, 6.45) is 4.77. The molecule has 0 spiro atoms. The van der Waals surface area contributed by atoms with Crippen LogP contribution in [0.25, 0.3) is 11.4 Å². The Hall–Kier alpha value is -3.09. The largest absolute Gasteiger partial charge is 0.484 e. The molecule has 0 atom stereocenters. The monoisotopic (exact) mass is 366 g/mol. The lowest BCUT2D eigenvalue weighted by Gasteiger charge is -2.28. The van der Waals surface area contributed by atoms with Gasteiger partial charge in [-0.05, 0) is 18.6 Å². The van der Waals surface area contributed by atoms with E-state index in [-0.39, 0.29) is 12.5 Å². The van der Waals surface area contributed by atoms with Gasteiger partial charge in [-0.2, -0.15) is 5.10 Å². The van der Waals surface area contributed by atoms with E-state index in [1.54, 1.807) is 6.26 Å². The lowest BCUT2D eigenvalue weighted by atomic mass is 10.0. The second kappa shape index (κ2) is 7.65. The smallest absolute Gasteiger partial charge is 0.260 e. The molecule has 4 rings (SSSR count). The highest BCUT2D eigenvalue weighted by Crippen LogP contribution is 2.29. The molecule has 0 aliphatic carbocycles. The van der Waals surface area contributed by atoms with Crippen molar-refractivity contribution in [2.75, 3.05) is 13.2 Å². The SMILES string of the molecule is CCCn1nc(-c2cocn2)c2c1CCN(C(=O)COc1ccccc1)C2. The van der Waals surface area contributed by atoms with E-state index in [4.69, 9.17) is 14.3 Å². The molecule has 27 heavy (non-hydrogen) atoms. The molecule has 3 heterocycles. The molecule has 0 N–H and O–H groups in total. The molecule has 0 saturated heterocycles. The van der Waals surface area contributed by atoms with Crippen LogP contribution in [0.4, 0.5) is 0 Å². The minimum atomic E-state index is -0.0288. The highest BCUT2D eigenvalue weighted by molar-refractivity contribution is 5.78. The molecule has 7 nitrogen and oxygen atoms in total. The number of hydrogen-bond donors (Lipinski definition) is 0. The van der Waals surface area contributed by atoms with Gasteiger partial charge in [0.1, 0.15) is 23.4 Å². The number of hydrogen-bond acceptors (Lipinski definition) is 5. The Morgan fingerprint density at radius 2 is 2.15 bits per heavy atom. The third-order valence-electron chi connectivity index (χ3n) is 4.70. The van der Waals surface area contributed by atoms with Crippen molar-refractivity contribution in [2.24, 2.45) is 0 Å². The summed E-state index contributed by atoms with van der Waals surface area (Å²) in [7, 11) is 0. The first-order chi connectivity index (χ1) is 13.3. The third kappa shape index (κ3) is 3.58. The van der Waals surface area contributed by atoms with Crippen LogP contribution in [-0.4, -0.2) is 38.7 Å². The predicted octanol–water partition coefficient (Wildman–Crippen LogP) is 2.91. The van der Waals surface area contributed by atoms with Gasteiger partial charge in [0.15, 0.2) is 13.0 Å². The number of para-hydroxylation sites is 1. The lowest BCUT2D eigenvalue weighted by molar-refractivity contribution is -0.134. The summed E-state index contributed by atoms with van der Waals surface area (Å²) in [5.74, 6) is 0.668. The summed E-state index contributed by atoms with van der Waals surface area (Å²) in [6.45, 7) is 4.19. The van der Waals surface area contributed by atoms with E-state index < -0.39 is 0 Å². The van der Waals surface area contributed by atoms with Gasteiger partial charge in [-0.3, -0.25) is 9.48 Å². The Kier molecular flexibility index (Phi) is 4.91. The van der Waals surface area contributed by atoms with Crippen molar-refractivity contribution in [3.05, 3.63) is 54.2 Å². The van der Waals surface area contributed by atoms with E-state index >= 15 is 0 Å². The molecular formula is C20H22N4O3. The number of ether oxygens (including phenoxy) is 1. The minimum absolute atomic E-state index is 0.0288. The number of carbonyl (C=O) groups is 1. The number of benzene rings is 1. The van der Waals surface area contributed by atoms with Crippen LogP contribution in [0.3, 0.4) is 0 Å². The number of carbonyl (C=O) groups excluding carboxylic acids is 1. The highest BCUT2D eigenvalue weighted by Gasteiger charge is 2.28. The second-order valence-corrected chi connectivity index (χ2v) is 6.54. The zero-order chi connectivity index (χ0) is 18.6. The maximum atomic E-state index is 12.7. The molecule has 1 amide bonds. The fourth-order valence-electron chi connectivity index (χ4n) is 3.39. The highest BCUT2D eigenvalue weighted by atomic mass is 16.5. The number of rotatable bonds is 6. The van der Waals surface area contributed by atoms with E-state index in [1.807, 2.05) is 39.9 Å². The molecule has 0 fully saturated rings. The summed E-state index contributed by atoms with van der Waals surface area (Å²) < 4.78 is 12.8. The quantitative estimate of drug-likeness (QED) is 0.671. The van der Waals surface area contributed by atoms with Gasteiger partial charge >= 0.3 is 0 Å². The lowest BCUT2D eigenvalue weighted by Crippen LogP contribution is -2.39. The van der Waals surface area contributed by atoms with Gasteiger partial charge in [0.2, 0.25) is 0 Å². The van der Waals surface area contributed by atoms with E-state index in [0.717, 1.165) is 30.6 Å². The third-order valence-corrected chi connectivity index (χ3v) is 4.70. The van der Waals surface area contributed by atoms with Crippen LogP contribution in [0.2, 0.25) is 0 Å². The van der Waals surface area contributed by atoms with Crippen molar-refractivity contribution in [1.29, 1.82) is 0 Å². The standard InChI is InChI=1S/C20H22N4O3/c1-2-9-24-18-8-10-23(19(25)13-27-15-6-4-3-5-7-15)11-16(18)20(22-24)17-12-26-14-21-17/h3-7,12,14H,2,8-11,13H2,1H3. The van der Waals surface area contributed by atoms with Crippen molar-refractivity contribution in [3.63, 3.8) is 0 Å². The number of fused-ring (bicyclic) bond motifs is 1. The first-order valence-electron chi connectivity index (χ1n) is 9.19. The molecule has 2 aromatic heterocycles. The number of aryl methyl sites for hydroxylation is 1. The molecule has 1 aromatic carbocycles. The van der Waals surface area contributed by atoms with Crippen molar-refractivity contribution < 1.29 is 13.9 Å². The van der Waals surface area contributed by atoms with E-state index in [0.29, 0.717) is 24.5 Å². The Labute approximate surface area is 157 Å². The topological polar surface area (TPSA) is 73.4 Å². The van der Waals surface area contributed by atoms with Crippen LogP contribution in [0, 0.1) is 0 Å². The summed E-state index contributed by atoms with van der Waals surface area (Å²) in [6, 6.07) is 9.39. The van der Waals surface area contributed by atoms with Gasteiger partial charge in [0.25, 0.3) is 5.91 Å². The number of oxazole rings is 1. The molecular weight excluding hydrogens is 344 g/mol. The van der Waals surface area contributed by atoms with Gasteiger partial charge in [0, 0.05) is 37.3 Å². The fraction of sp³-hybridized carbons (Fsp3) is 0.350. The number of aromatic nitrogens is 3. The first-order valence-corrected chi connectivity index (χ1v) is 9.19. The molecule has 0 saturated carbocycles. The van der Waals surface area contributed by atoms with Crippen molar-refractivity contribution in [2.45, 2.75) is 32.9 Å². The van der Waals surface area contributed by atoms with Gasteiger partial charge in [0.05, 0.1) is 0 Å². The summed E-state index contributed by atoms with van der Waals surface area (Å²) >= 11 is 0. The Bertz CT molecular complexity index is 903. The second-order valence-electron chi connectivity index (χ2n) is 6.54. The minimum Gasteiger partial charge on any atom is -0.484 e. The van der Waals surface area contributed by atoms with Crippen molar-refractivity contribution in [3.8, 4) is 17.1 Å². The molecule has 7 heteroatoms. The average Bonchev–Trinajstić information content (AvgIpc) is 3.35. The van der Waals surface area contributed by atoms with Crippen LogP contribution < -0.4 is 4.74 Å². The van der Waals surface area contributed by atoms with E-state index in [9.17, 15) is 4.79 Å². The average molecular weight is 366 g/mol. The van der Waals surface area contributed by atoms with Crippen molar-refractivity contribution in [1.82, 2.24) is 19.7 Å². The predicted molar refractivity (Wildman–Crippen MR) is 99.1 cm³/mol. The number of amides is 1. The van der Waals surface area contributed by atoms with Gasteiger partial charge in [-0.25, -0.2) is 4.98 Å². The zero-order valence-electron chi connectivity index (χ0n) is 15.3. The van der Waals surface area contributed by atoms with Gasteiger partial charge in [-0.1, -0.05) is 25.1 Å². The summed E-state index contributed by atoms with van der Waals surface area (Å²) in [5.41, 5.74) is 3.74. The molecule has 0 radical (unpaired) electrons. The van der Waals surface area contributed by atoms with E-state index in [2.05, 4.69) is 11.9 Å². The maximum Gasteiger partial charge on any atom is 0.260 e. The molecule has 1 aliphatic heterocycles. The summed E-state index contributed by atoms with van der Waals surface area (Å²) in [4.78, 5) is 18.7. The number of nitrogens with zero attached hydrogens (tertiary/aromatic N) is 4. The molecule has 1 aliphatic rings. The van der Waals surface area contributed by atoms with Crippen molar-refractivity contribution >= 4 is 5.91 Å². The molecule has 140 valence electrons. The molecule has 0 unspecified atom stereocenters. The van der Waals surface area contributed by atoms with Crippen LogP contribution in [0.1, 0.15) is 24.6 Å². The normalized spacial score (nSPS) is 13.4. The van der Waals surface area contributed by atoms with E-state index in [1.165, 1.54) is 12.1 Å². The van der Waals surface area contributed by atoms with Crippen LogP contribution in [0.5, 0.6) is 5.75 Å². The Morgan fingerprint density at radius 3 is 2.89 bits per heavy atom. The first kappa shape index (κ1) is 17.3. The Balaban J connectivity index is 1.52. The zero-order valence-corrected chi connectivity index (χ0v) is 15.3. The van der Waals surface area contributed by atoms with Crippen LogP contribution in [-0.2, 0) is 24.3 Å². The Morgan fingerprint density at radius 1 is 1.30 bits per heavy atom. The molecule has 3 aromatic rings. The fourth-order valence-corrected chi connectivity index (χ4v) is 3.39. The summed E-state index contributed by atoms with van der Waals surface area (Å²) in [5, 5.41) is 4.74.